The number of fused-ring (bicyclic) bond motifs is 1. The number of aryl methyl sites for hydroxylation is 2. The minimum absolute atomic E-state index is 0.342. The van der Waals surface area contributed by atoms with E-state index in [2.05, 4.69) is 15.0 Å². The molecule has 6 heteroatoms. The second-order valence-corrected chi connectivity index (χ2v) is 4.53. The van der Waals surface area contributed by atoms with Gasteiger partial charge in [0.25, 0.3) is 5.56 Å². The molecule has 0 aliphatic heterocycles. The predicted octanol–water partition coefficient (Wildman–Crippen LogP) is 1.09. The summed E-state index contributed by atoms with van der Waals surface area (Å²) in [6.07, 6.45) is 1.65. The van der Waals surface area contributed by atoms with Gasteiger partial charge < -0.3 is 0 Å². The SMILES string of the molecule is Cc1ccc2c(=O)[nH]c(=O)n(-c3cccnc3C)c2n1. The Hall–Kier alpha value is -2.76. The van der Waals surface area contributed by atoms with Crippen LogP contribution in [0.1, 0.15) is 11.4 Å². The van der Waals surface area contributed by atoms with Crippen molar-refractivity contribution >= 4 is 11.0 Å². The summed E-state index contributed by atoms with van der Waals surface area (Å²) in [4.78, 5) is 34.8. The highest BCUT2D eigenvalue weighted by Crippen LogP contribution is 2.14. The molecule has 3 aromatic rings. The molecule has 100 valence electrons. The van der Waals surface area contributed by atoms with Gasteiger partial charge in [-0.2, -0.15) is 0 Å². The van der Waals surface area contributed by atoms with E-state index < -0.39 is 11.2 Å². The number of rotatable bonds is 1. The van der Waals surface area contributed by atoms with Crippen molar-refractivity contribution in [3.63, 3.8) is 0 Å². The van der Waals surface area contributed by atoms with Crippen LogP contribution in [0.5, 0.6) is 0 Å². The molecule has 0 unspecified atom stereocenters. The van der Waals surface area contributed by atoms with Crippen LogP contribution in [-0.4, -0.2) is 19.5 Å². The minimum atomic E-state index is -0.517. The number of H-pyrrole nitrogens is 1. The van der Waals surface area contributed by atoms with Crippen molar-refractivity contribution in [3.8, 4) is 5.69 Å². The molecule has 0 fully saturated rings. The number of hydrogen-bond donors (Lipinski definition) is 1. The highest BCUT2D eigenvalue weighted by atomic mass is 16.2. The largest absolute Gasteiger partial charge is 0.334 e. The molecule has 0 aromatic carbocycles. The number of pyridine rings is 2. The third kappa shape index (κ3) is 1.82. The van der Waals surface area contributed by atoms with Crippen LogP contribution in [0, 0.1) is 13.8 Å². The van der Waals surface area contributed by atoms with Crippen LogP contribution in [0.4, 0.5) is 0 Å². The molecule has 3 rings (SSSR count). The van der Waals surface area contributed by atoms with Crippen molar-refractivity contribution in [2.45, 2.75) is 13.8 Å². The molecule has 0 atom stereocenters. The molecule has 3 heterocycles. The molecule has 20 heavy (non-hydrogen) atoms. The van der Waals surface area contributed by atoms with E-state index in [1.807, 2.05) is 6.92 Å². The summed E-state index contributed by atoms with van der Waals surface area (Å²) in [7, 11) is 0. The summed E-state index contributed by atoms with van der Waals surface area (Å²) in [6, 6.07) is 6.91. The normalized spacial score (nSPS) is 10.9. The third-order valence-corrected chi connectivity index (χ3v) is 3.11. The molecule has 0 spiro atoms. The van der Waals surface area contributed by atoms with Crippen LogP contribution in [0.15, 0.2) is 40.1 Å². The van der Waals surface area contributed by atoms with Gasteiger partial charge >= 0.3 is 5.69 Å². The van der Waals surface area contributed by atoms with Crippen LogP contribution < -0.4 is 11.2 Å². The van der Waals surface area contributed by atoms with Gasteiger partial charge in [0.15, 0.2) is 5.65 Å². The van der Waals surface area contributed by atoms with Crippen molar-refractivity contribution < 1.29 is 0 Å². The van der Waals surface area contributed by atoms with E-state index in [1.54, 1.807) is 37.4 Å². The van der Waals surface area contributed by atoms with E-state index >= 15 is 0 Å². The Morgan fingerprint density at radius 1 is 1.15 bits per heavy atom. The highest BCUT2D eigenvalue weighted by Gasteiger charge is 2.12. The maximum Gasteiger partial charge on any atom is 0.334 e. The monoisotopic (exact) mass is 268 g/mol. The summed E-state index contributed by atoms with van der Waals surface area (Å²) in [5.74, 6) is 0. The van der Waals surface area contributed by atoms with E-state index in [-0.39, 0.29) is 0 Å². The average molecular weight is 268 g/mol. The second-order valence-electron chi connectivity index (χ2n) is 4.53. The fraction of sp³-hybridized carbons (Fsp3) is 0.143. The van der Waals surface area contributed by atoms with Crippen molar-refractivity contribution in [1.29, 1.82) is 0 Å². The number of aromatic nitrogens is 4. The Morgan fingerprint density at radius 2 is 1.95 bits per heavy atom. The van der Waals surface area contributed by atoms with Gasteiger partial charge in [-0.3, -0.25) is 14.8 Å². The number of nitrogens with one attached hydrogen (secondary N) is 1. The molecule has 6 nitrogen and oxygen atoms in total. The number of aromatic amines is 1. The first-order chi connectivity index (χ1) is 9.58. The third-order valence-electron chi connectivity index (χ3n) is 3.11. The molecule has 0 bridgehead atoms. The van der Waals surface area contributed by atoms with Gasteiger partial charge in [0.1, 0.15) is 0 Å². The van der Waals surface area contributed by atoms with E-state index in [0.29, 0.717) is 22.4 Å². The molecule has 1 N–H and O–H groups in total. The number of hydrogen-bond acceptors (Lipinski definition) is 4. The Morgan fingerprint density at radius 3 is 2.70 bits per heavy atom. The van der Waals surface area contributed by atoms with Crippen LogP contribution in [0.2, 0.25) is 0 Å². The zero-order valence-corrected chi connectivity index (χ0v) is 11.0. The lowest BCUT2D eigenvalue weighted by atomic mass is 10.2. The molecular formula is C14H12N4O2. The van der Waals surface area contributed by atoms with Crippen molar-refractivity contribution in [2.75, 3.05) is 0 Å². The maximum atomic E-state index is 12.2. The Labute approximate surface area is 113 Å². The van der Waals surface area contributed by atoms with Gasteiger partial charge in [0.05, 0.1) is 16.8 Å². The summed E-state index contributed by atoms with van der Waals surface area (Å²) in [5, 5.41) is 0.374. The molecular weight excluding hydrogens is 256 g/mol. The van der Waals surface area contributed by atoms with E-state index in [9.17, 15) is 9.59 Å². The van der Waals surface area contributed by atoms with Gasteiger partial charge in [-0.1, -0.05) is 0 Å². The van der Waals surface area contributed by atoms with Crippen LogP contribution >= 0.6 is 0 Å². The quantitative estimate of drug-likeness (QED) is 0.716. The zero-order chi connectivity index (χ0) is 14.3. The van der Waals surface area contributed by atoms with Crippen molar-refractivity contribution in [2.24, 2.45) is 0 Å². The first-order valence-electron chi connectivity index (χ1n) is 6.12. The zero-order valence-electron chi connectivity index (χ0n) is 11.0. The summed E-state index contributed by atoms with van der Waals surface area (Å²) in [5.41, 5.74) is 1.42. The lowest BCUT2D eigenvalue weighted by molar-refractivity contribution is 0.903. The fourth-order valence-corrected chi connectivity index (χ4v) is 2.14. The Bertz CT molecular complexity index is 924. The van der Waals surface area contributed by atoms with Gasteiger partial charge in [-0.25, -0.2) is 14.3 Å². The van der Waals surface area contributed by atoms with Gasteiger partial charge in [0, 0.05) is 11.9 Å². The fourth-order valence-electron chi connectivity index (χ4n) is 2.14. The number of nitrogens with zero attached hydrogens (tertiary/aromatic N) is 3. The molecule has 0 saturated carbocycles. The topological polar surface area (TPSA) is 80.6 Å². The Balaban J connectivity index is 2.54. The smallest absolute Gasteiger partial charge is 0.273 e. The molecule has 0 aliphatic rings. The lowest BCUT2D eigenvalue weighted by Gasteiger charge is -2.10. The first-order valence-corrected chi connectivity index (χ1v) is 6.12. The van der Waals surface area contributed by atoms with Crippen molar-refractivity contribution in [3.05, 3.63) is 62.7 Å². The van der Waals surface area contributed by atoms with Crippen LogP contribution in [0.3, 0.4) is 0 Å². The molecule has 0 saturated heterocycles. The van der Waals surface area contributed by atoms with E-state index in [0.717, 1.165) is 5.69 Å². The van der Waals surface area contributed by atoms with Crippen LogP contribution in [-0.2, 0) is 0 Å². The van der Waals surface area contributed by atoms with E-state index in [4.69, 9.17) is 0 Å². The molecule has 0 radical (unpaired) electrons. The molecule has 3 aromatic heterocycles. The summed E-state index contributed by atoms with van der Waals surface area (Å²) >= 11 is 0. The lowest BCUT2D eigenvalue weighted by Crippen LogP contribution is -2.30. The van der Waals surface area contributed by atoms with Gasteiger partial charge in [-0.15, -0.1) is 0 Å². The first kappa shape index (κ1) is 12.3. The Kier molecular flexibility index (Phi) is 2.71. The average Bonchev–Trinajstić information content (AvgIpc) is 2.40. The minimum Gasteiger partial charge on any atom is -0.273 e. The second kappa shape index (κ2) is 4.41. The van der Waals surface area contributed by atoms with Crippen LogP contribution in [0.25, 0.3) is 16.7 Å². The maximum absolute atomic E-state index is 12.2. The standard InChI is InChI=1S/C14H12N4O2/c1-8-5-6-10-12(16-8)18(14(20)17-13(10)19)11-4-3-7-15-9(11)2/h3-7H,1-2H3,(H,17,19,20). The molecule has 0 amide bonds. The van der Waals surface area contributed by atoms with Crippen molar-refractivity contribution in [1.82, 2.24) is 19.5 Å². The van der Waals surface area contributed by atoms with E-state index in [1.165, 1.54) is 4.57 Å². The van der Waals surface area contributed by atoms with Gasteiger partial charge in [-0.05, 0) is 38.1 Å². The highest BCUT2D eigenvalue weighted by molar-refractivity contribution is 5.75. The summed E-state index contributed by atoms with van der Waals surface area (Å²) in [6.45, 7) is 3.61. The summed E-state index contributed by atoms with van der Waals surface area (Å²) < 4.78 is 1.38. The van der Waals surface area contributed by atoms with Gasteiger partial charge in [0.2, 0.25) is 0 Å². The predicted molar refractivity (Wildman–Crippen MR) is 75.2 cm³/mol. The molecule has 0 aliphatic carbocycles.